The fraction of sp³-hybridized carbons (Fsp3) is 0.538. The number of para-hydroxylation sites is 1. The lowest BCUT2D eigenvalue weighted by molar-refractivity contribution is -0.146. The number of benzene rings is 1. The Kier molecular flexibility index (Phi) is 6.79. The first-order valence-electron chi connectivity index (χ1n) is 11.8. The number of Topliss-reactive ketones (excluding diaryl/α,β-unsaturated/α-hetero) is 1. The molecule has 1 N–H and O–H groups in total. The Labute approximate surface area is 184 Å². The molecule has 2 aliphatic carbocycles. The highest BCUT2D eigenvalue weighted by atomic mass is 16.5. The van der Waals surface area contributed by atoms with E-state index in [1.54, 1.807) is 0 Å². The van der Waals surface area contributed by atoms with Crippen molar-refractivity contribution >= 4 is 11.8 Å². The maximum Gasteiger partial charge on any atom is 0.337 e. The summed E-state index contributed by atoms with van der Waals surface area (Å²) in [6.07, 6.45) is 8.24. The van der Waals surface area contributed by atoms with Gasteiger partial charge in [0.1, 0.15) is 11.9 Å². The van der Waals surface area contributed by atoms with E-state index < -0.39 is 5.92 Å². The van der Waals surface area contributed by atoms with Crippen LogP contribution in [-0.4, -0.2) is 24.5 Å². The van der Waals surface area contributed by atoms with Crippen molar-refractivity contribution < 1.29 is 19.1 Å². The van der Waals surface area contributed by atoms with Crippen LogP contribution in [0.5, 0.6) is 5.75 Å². The first-order valence-corrected chi connectivity index (χ1v) is 11.8. The van der Waals surface area contributed by atoms with Crippen molar-refractivity contribution in [3.05, 3.63) is 52.4 Å². The molecule has 0 spiro atoms. The largest absolute Gasteiger partial charge is 0.493 e. The number of hydrogen-bond donors (Lipinski definition) is 1. The van der Waals surface area contributed by atoms with Crippen molar-refractivity contribution in [1.82, 2.24) is 5.32 Å². The maximum atomic E-state index is 13.5. The Morgan fingerprint density at radius 3 is 2.65 bits per heavy atom. The number of ether oxygens (including phenoxy) is 2. The third-order valence-corrected chi connectivity index (χ3v) is 6.51. The van der Waals surface area contributed by atoms with Gasteiger partial charge in [0, 0.05) is 29.0 Å². The fourth-order valence-electron chi connectivity index (χ4n) is 5.03. The van der Waals surface area contributed by atoms with E-state index in [4.69, 9.17) is 9.47 Å². The highest BCUT2D eigenvalue weighted by molar-refractivity contribution is 6.04. The fourth-order valence-corrected chi connectivity index (χ4v) is 5.03. The van der Waals surface area contributed by atoms with E-state index in [2.05, 4.69) is 12.2 Å². The summed E-state index contributed by atoms with van der Waals surface area (Å²) < 4.78 is 12.0. The van der Waals surface area contributed by atoms with Gasteiger partial charge in [-0.2, -0.15) is 0 Å². The molecule has 166 valence electrons. The van der Waals surface area contributed by atoms with Gasteiger partial charge in [-0.3, -0.25) is 4.79 Å². The van der Waals surface area contributed by atoms with Crippen LogP contribution in [0, 0.1) is 0 Å². The molecule has 0 radical (unpaired) electrons. The molecule has 0 saturated heterocycles. The zero-order valence-corrected chi connectivity index (χ0v) is 18.7. The van der Waals surface area contributed by atoms with Crippen LogP contribution in [-0.2, 0) is 14.3 Å². The third kappa shape index (κ3) is 4.56. The highest BCUT2D eigenvalue weighted by Gasteiger charge is 2.40. The van der Waals surface area contributed by atoms with Gasteiger partial charge in [-0.1, -0.05) is 31.5 Å². The molecule has 0 aromatic heterocycles. The van der Waals surface area contributed by atoms with E-state index in [9.17, 15) is 9.59 Å². The molecular weight excluding hydrogens is 390 g/mol. The van der Waals surface area contributed by atoms with Crippen LogP contribution in [0.25, 0.3) is 0 Å². The Morgan fingerprint density at radius 1 is 1.10 bits per heavy atom. The highest BCUT2D eigenvalue weighted by Crippen LogP contribution is 2.45. The average Bonchev–Trinajstić information content (AvgIpc) is 2.77. The Bertz CT molecular complexity index is 908. The summed E-state index contributed by atoms with van der Waals surface area (Å²) in [5, 5.41) is 3.38. The lowest BCUT2D eigenvalue weighted by Gasteiger charge is -2.35. The summed E-state index contributed by atoms with van der Waals surface area (Å²) >= 11 is 0. The lowest BCUT2D eigenvalue weighted by atomic mass is 9.75. The van der Waals surface area contributed by atoms with Gasteiger partial charge in [-0.05, 0) is 57.9 Å². The first kappa shape index (κ1) is 21.7. The molecule has 0 amide bonds. The second-order valence-corrected chi connectivity index (χ2v) is 8.82. The van der Waals surface area contributed by atoms with Crippen molar-refractivity contribution in [1.29, 1.82) is 0 Å². The van der Waals surface area contributed by atoms with E-state index >= 15 is 0 Å². The Hall–Kier alpha value is -2.56. The minimum Gasteiger partial charge on any atom is -0.493 e. The number of dihydropyridines is 1. The van der Waals surface area contributed by atoms with Crippen LogP contribution in [0.1, 0.15) is 83.1 Å². The van der Waals surface area contributed by atoms with Crippen LogP contribution >= 0.6 is 0 Å². The van der Waals surface area contributed by atoms with Crippen molar-refractivity contribution in [2.75, 3.05) is 6.61 Å². The van der Waals surface area contributed by atoms with Gasteiger partial charge in [0.05, 0.1) is 18.1 Å². The van der Waals surface area contributed by atoms with Gasteiger partial charge < -0.3 is 14.8 Å². The van der Waals surface area contributed by atoms with Gasteiger partial charge in [-0.25, -0.2) is 4.79 Å². The normalized spacial score (nSPS) is 22.1. The van der Waals surface area contributed by atoms with E-state index in [-0.39, 0.29) is 17.9 Å². The summed E-state index contributed by atoms with van der Waals surface area (Å²) in [5.41, 5.74) is 3.85. The van der Waals surface area contributed by atoms with Crippen LogP contribution in [0.15, 0.2) is 46.8 Å². The number of ketones is 1. The van der Waals surface area contributed by atoms with E-state index in [0.29, 0.717) is 24.2 Å². The molecule has 1 aromatic carbocycles. The summed E-state index contributed by atoms with van der Waals surface area (Å²) in [7, 11) is 0. The molecule has 1 saturated carbocycles. The smallest absolute Gasteiger partial charge is 0.337 e. The SMILES string of the molecule is CCCOc1ccccc1C1C(C(=O)OC2CCCCC2)=C(C)NC2=C1C(=O)CCC2. The summed E-state index contributed by atoms with van der Waals surface area (Å²) in [6.45, 7) is 4.57. The maximum absolute atomic E-state index is 13.5. The lowest BCUT2D eigenvalue weighted by Crippen LogP contribution is -2.35. The zero-order chi connectivity index (χ0) is 21.8. The van der Waals surface area contributed by atoms with Gasteiger partial charge in [0.25, 0.3) is 0 Å². The van der Waals surface area contributed by atoms with E-state index in [0.717, 1.165) is 67.7 Å². The van der Waals surface area contributed by atoms with Gasteiger partial charge >= 0.3 is 5.97 Å². The molecule has 1 aliphatic heterocycles. The Balaban J connectivity index is 1.76. The molecule has 0 bridgehead atoms. The average molecular weight is 424 g/mol. The topological polar surface area (TPSA) is 64.6 Å². The summed E-state index contributed by atoms with van der Waals surface area (Å²) in [5.74, 6) is 0.0852. The molecular formula is C26H33NO4. The van der Waals surface area contributed by atoms with Crippen LogP contribution in [0.4, 0.5) is 0 Å². The zero-order valence-electron chi connectivity index (χ0n) is 18.7. The predicted molar refractivity (Wildman–Crippen MR) is 120 cm³/mol. The van der Waals surface area contributed by atoms with E-state index in [1.807, 2.05) is 31.2 Å². The standard InChI is InChI=1S/C26H33NO4/c1-3-16-30-22-15-8-7-12-19(22)24-23(26(29)31-18-10-5-4-6-11-18)17(2)27-20-13-9-14-21(28)25(20)24/h7-8,12,15,18,24,27H,3-6,9-11,13-14,16H2,1-2H3. The summed E-state index contributed by atoms with van der Waals surface area (Å²) in [4.78, 5) is 26.6. The third-order valence-electron chi connectivity index (χ3n) is 6.51. The minimum absolute atomic E-state index is 0.0359. The molecule has 1 unspecified atom stereocenters. The van der Waals surface area contributed by atoms with E-state index in [1.165, 1.54) is 6.42 Å². The molecule has 3 aliphatic rings. The molecule has 1 heterocycles. The molecule has 1 atom stereocenters. The monoisotopic (exact) mass is 423 g/mol. The van der Waals surface area contributed by atoms with Crippen molar-refractivity contribution in [2.24, 2.45) is 0 Å². The number of allylic oxidation sites excluding steroid dienone is 3. The second-order valence-electron chi connectivity index (χ2n) is 8.82. The molecule has 4 rings (SSSR count). The molecule has 1 fully saturated rings. The van der Waals surface area contributed by atoms with Crippen molar-refractivity contribution in [2.45, 2.75) is 83.7 Å². The molecule has 5 nitrogen and oxygen atoms in total. The molecule has 5 heteroatoms. The molecule has 31 heavy (non-hydrogen) atoms. The number of esters is 1. The van der Waals surface area contributed by atoms with Crippen molar-refractivity contribution in [3.63, 3.8) is 0 Å². The van der Waals surface area contributed by atoms with Crippen LogP contribution in [0.2, 0.25) is 0 Å². The minimum atomic E-state index is -0.451. The Morgan fingerprint density at radius 2 is 1.87 bits per heavy atom. The van der Waals surface area contributed by atoms with Crippen molar-refractivity contribution in [3.8, 4) is 5.75 Å². The summed E-state index contributed by atoms with van der Waals surface area (Å²) in [6, 6.07) is 7.79. The number of carbonyl (C=O) groups excluding carboxylic acids is 2. The quantitative estimate of drug-likeness (QED) is 0.628. The van der Waals surface area contributed by atoms with Gasteiger partial charge in [-0.15, -0.1) is 0 Å². The van der Waals surface area contributed by atoms with Crippen LogP contribution in [0.3, 0.4) is 0 Å². The van der Waals surface area contributed by atoms with Crippen LogP contribution < -0.4 is 10.1 Å². The molecule has 1 aromatic rings. The number of hydrogen-bond acceptors (Lipinski definition) is 5. The predicted octanol–water partition coefficient (Wildman–Crippen LogP) is 5.32. The number of carbonyl (C=O) groups is 2. The van der Waals surface area contributed by atoms with Gasteiger partial charge in [0.2, 0.25) is 0 Å². The second kappa shape index (κ2) is 9.71. The first-order chi connectivity index (χ1) is 15.1. The number of nitrogens with one attached hydrogen (secondary N) is 1. The van der Waals surface area contributed by atoms with Gasteiger partial charge in [0.15, 0.2) is 5.78 Å². The number of rotatable bonds is 6.